The zero-order valence-corrected chi connectivity index (χ0v) is 66.8. The summed E-state index contributed by atoms with van der Waals surface area (Å²) in [6, 6.07) is -12.9. The van der Waals surface area contributed by atoms with Gasteiger partial charge in [-0.05, 0) is 127 Å². The average molecular weight is 1450 g/mol. The Hall–Kier alpha value is -5.77. The highest BCUT2D eigenvalue weighted by molar-refractivity contribution is 8.00. The number of allylic oxidation sites excluding steroid dienone is 2. The monoisotopic (exact) mass is 1450 g/mol. The Morgan fingerprint density at radius 2 is 1.06 bits per heavy atom. The number of thioether (sulfide) groups is 2. The van der Waals surface area contributed by atoms with Crippen LogP contribution in [0.25, 0.3) is 0 Å². The molecule has 0 bridgehead atoms. The van der Waals surface area contributed by atoms with Gasteiger partial charge >= 0.3 is 0 Å². The molecule has 2 rings (SSSR count). The summed E-state index contributed by atoms with van der Waals surface area (Å²) in [6.07, 6.45) is 5.66. The third-order valence-corrected chi connectivity index (χ3v) is 21.3. The minimum Gasteiger partial charge on any atom is -0.390 e. The summed E-state index contributed by atoms with van der Waals surface area (Å²) >= 11 is 3.11. The van der Waals surface area contributed by atoms with Crippen LogP contribution in [-0.2, 0) is 57.5 Å². The van der Waals surface area contributed by atoms with E-state index in [0.717, 1.165) is 42.5 Å². The molecule has 2 aliphatic rings. The molecule has 0 radical (unpaired) electrons. The van der Waals surface area contributed by atoms with Crippen LogP contribution in [0.2, 0.25) is 0 Å². The molecule has 572 valence electrons. The Bertz CT molecular complexity index is 2750. The SMILES string of the molecule is C=CCOC(C)(C)C[C@H]1C(=O)N[C@@H](C(C)C)C(=O)N(C)[C@@H](CC(C)C)C(=O)N[C@@H](C)C(=O)N[C@H](C)C(=O)N(C)[C@@H](CC(C)C)C(=O)N(C)[C@@H](CC(C)C)C(=O)N(C)[C@@H](C(C)C)C(=O)N(C)[C@@H]([C@H](O)[C@H](C)C/C=C/C)C(=O)N[C@@H](CC)C(=O)N(C)[C@H](SCCCCN2CCSCC2)C(=O)N1C. The molecule has 0 saturated carbocycles. The molecule has 0 aromatic rings. The van der Waals surface area contributed by atoms with Crippen LogP contribution in [0.5, 0.6) is 0 Å². The van der Waals surface area contributed by atoms with Crippen molar-refractivity contribution in [2.45, 2.75) is 247 Å². The maximum absolute atomic E-state index is 15.7. The number of hydrogen-bond donors (Lipinski definition) is 5. The number of rotatable bonds is 24. The third-order valence-electron chi connectivity index (χ3n) is 19.0. The lowest BCUT2D eigenvalue weighted by atomic mass is 9.91. The molecule has 27 heteroatoms. The molecule has 2 aliphatic heterocycles. The second kappa shape index (κ2) is 42.7. The van der Waals surface area contributed by atoms with Gasteiger partial charge in [0.25, 0.3) is 5.91 Å². The van der Waals surface area contributed by atoms with Crippen molar-refractivity contribution in [2.24, 2.45) is 35.5 Å². The summed E-state index contributed by atoms with van der Waals surface area (Å²) in [5.41, 5.74) is -1.10. The molecule has 25 nitrogen and oxygen atoms in total. The van der Waals surface area contributed by atoms with E-state index in [2.05, 4.69) is 32.7 Å². The van der Waals surface area contributed by atoms with Gasteiger partial charge in [-0.1, -0.05) is 101 Å². The predicted molar refractivity (Wildman–Crippen MR) is 398 cm³/mol. The normalized spacial score (nSPS) is 26.6. The number of hydrogen-bond acceptors (Lipinski definition) is 16. The molecule has 2 fully saturated rings. The van der Waals surface area contributed by atoms with Crippen molar-refractivity contribution in [2.75, 3.05) is 92.8 Å². The van der Waals surface area contributed by atoms with Gasteiger partial charge in [-0.2, -0.15) is 11.8 Å². The Morgan fingerprint density at radius 1 is 0.570 bits per heavy atom. The van der Waals surface area contributed by atoms with Crippen molar-refractivity contribution in [1.82, 2.24) is 60.5 Å². The van der Waals surface area contributed by atoms with E-state index >= 15 is 38.4 Å². The fourth-order valence-electron chi connectivity index (χ4n) is 12.7. The highest BCUT2D eigenvalue weighted by atomic mass is 32.2. The topological polar surface area (TPSA) is 291 Å². The van der Waals surface area contributed by atoms with Crippen molar-refractivity contribution in [3.63, 3.8) is 0 Å². The Kier molecular flexibility index (Phi) is 38.6. The number of unbranched alkanes of at least 4 members (excludes halogenated alkanes) is 1. The molecule has 0 aromatic carbocycles. The van der Waals surface area contributed by atoms with E-state index in [1.807, 2.05) is 66.3 Å². The molecule has 0 aliphatic carbocycles. The quantitative estimate of drug-likeness (QED) is 0.0590. The van der Waals surface area contributed by atoms with Gasteiger partial charge in [0.05, 0.1) is 18.3 Å². The van der Waals surface area contributed by atoms with E-state index in [9.17, 15) is 19.5 Å². The first-order valence-corrected chi connectivity index (χ1v) is 38.3. The third kappa shape index (κ3) is 26.5. The molecule has 0 spiro atoms. The number of ether oxygens (including phenoxy) is 1. The lowest BCUT2D eigenvalue weighted by Crippen LogP contribution is -2.64. The molecule has 100 heavy (non-hydrogen) atoms. The lowest BCUT2D eigenvalue weighted by molar-refractivity contribution is -0.157. The van der Waals surface area contributed by atoms with Gasteiger partial charge in [-0.3, -0.25) is 52.7 Å². The van der Waals surface area contributed by atoms with E-state index in [-0.39, 0.29) is 56.5 Å². The number of nitrogens with zero attached hydrogens (tertiary/aromatic N) is 8. The largest absolute Gasteiger partial charge is 0.390 e. The highest BCUT2D eigenvalue weighted by Gasteiger charge is 2.47. The van der Waals surface area contributed by atoms with Crippen molar-refractivity contribution in [3.8, 4) is 0 Å². The van der Waals surface area contributed by atoms with Crippen molar-refractivity contribution >= 4 is 88.5 Å². The first kappa shape index (κ1) is 90.3. The molecule has 2 heterocycles. The van der Waals surface area contributed by atoms with Gasteiger partial charge in [0.2, 0.25) is 59.1 Å². The fourth-order valence-corrected chi connectivity index (χ4v) is 14.9. The van der Waals surface area contributed by atoms with E-state index < -0.39 is 160 Å². The average Bonchev–Trinajstić information content (AvgIpc) is 0.804. The highest BCUT2D eigenvalue weighted by Crippen LogP contribution is 2.29. The summed E-state index contributed by atoms with van der Waals surface area (Å²) in [5, 5.41) is 22.3. The first-order valence-electron chi connectivity index (χ1n) is 36.1. The van der Waals surface area contributed by atoms with Gasteiger partial charge in [-0.15, -0.1) is 18.3 Å². The summed E-state index contributed by atoms with van der Waals surface area (Å²) in [7, 11) is 10.1. The summed E-state index contributed by atoms with van der Waals surface area (Å²) < 4.78 is 6.19. The molecule has 0 unspecified atom stereocenters. The van der Waals surface area contributed by atoms with E-state index in [1.54, 1.807) is 67.5 Å². The van der Waals surface area contributed by atoms with Crippen LogP contribution in [-0.4, -0.2) is 280 Å². The van der Waals surface area contributed by atoms with Gasteiger partial charge in [0.15, 0.2) is 5.37 Å². The maximum atomic E-state index is 15.7. The number of aliphatic hydroxyl groups is 1. The molecule has 5 N–H and O–H groups in total. The standard InChI is InChI=1S/C73H130N12O13S2/c1-26-29-32-49(14)60(86)59-64(90)76-52(28-3)66(92)84(25)72(100-37-31-30-33-85-34-38-99-39-35-85)71(97)81(22)56(43-73(17,18)98-36-27-2)63(89)77-57(47(10)11)69(95)78(19)53(40-44(4)5)62(88)74-50(15)61(87)75-51(16)65(91)79(20)54(41-45(6)7)67(93)80(21)55(42-46(8)9)68(94)82(23)58(48(12)13)70(96)83(59)24/h26-27,29,44-60,72,86H,2,28,30-43H2,1,3-25H3,(H,74,88)(H,75,87)(H,76,90)(H,77,89)/b29-26+/t49-,50+,51-,52+,53+,54+,55+,56+,57+,58+,59+,60-,72-/m1/s1. The Morgan fingerprint density at radius 3 is 1.57 bits per heavy atom. The van der Waals surface area contributed by atoms with Gasteiger partial charge in [0, 0.05) is 80.3 Å². The molecule has 2 saturated heterocycles. The van der Waals surface area contributed by atoms with Crippen molar-refractivity contribution in [3.05, 3.63) is 24.8 Å². The van der Waals surface area contributed by atoms with Crippen LogP contribution in [0.4, 0.5) is 0 Å². The van der Waals surface area contributed by atoms with Crippen LogP contribution < -0.4 is 21.3 Å². The number of likely N-dealkylation sites (N-methyl/N-ethyl adjacent to an activating group) is 7. The minimum absolute atomic E-state index is 0.0119. The lowest BCUT2D eigenvalue weighted by Gasteiger charge is -2.41. The molecule has 11 amide bonds. The summed E-state index contributed by atoms with van der Waals surface area (Å²) in [6.45, 7) is 36.4. The van der Waals surface area contributed by atoms with Gasteiger partial charge in [-0.25, -0.2) is 0 Å². The predicted octanol–water partition coefficient (Wildman–Crippen LogP) is 5.48. The summed E-state index contributed by atoms with van der Waals surface area (Å²) in [4.78, 5) is 177. The molecular formula is C73H130N12O13S2. The minimum atomic E-state index is -1.65. The number of amides is 11. The number of carbonyl (C=O) groups excluding carboxylic acids is 11. The fraction of sp³-hybridized carbons (Fsp3) is 0.795. The smallest absolute Gasteiger partial charge is 0.256 e. The number of carbonyl (C=O) groups is 11. The second-order valence-corrected chi connectivity index (χ2v) is 32.5. The van der Waals surface area contributed by atoms with Crippen LogP contribution >= 0.6 is 23.5 Å². The zero-order valence-electron chi connectivity index (χ0n) is 65.2. The zero-order chi connectivity index (χ0) is 76.5. The molecular weight excluding hydrogens is 1320 g/mol. The van der Waals surface area contributed by atoms with Crippen molar-refractivity contribution in [1.29, 1.82) is 0 Å². The van der Waals surface area contributed by atoms with E-state index in [4.69, 9.17) is 4.74 Å². The Balaban J connectivity index is 3.16. The molecule has 13 atom stereocenters. The summed E-state index contributed by atoms with van der Waals surface area (Å²) in [5.74, 6) is -7.49. The van der Waals surface area contributed by atoms with Crippen LogP contribution in [0.15, 0.2) is 24.8 Å². The van der Waals surface area contributed by atoms with E-state index in [0.29, 0.717) is 18.6 Å². The van der Waals surface area contributed by atoms with Gasteiger partial charge < -0.3 is 70.3 Å². The molecule has 0 aromatic heterocycles. The Labute approximate surface area is 608 Å². The number of nitrogens with one attached hydrogen (secondary N) is 4. The van der Waals surface area contributed by atoms with Crippen LogP contribution in [0.3, 0.4) is 0 Å². The van der Waals surface area contributed by atoms with Crippen molar-refractivity contribution < 1.29 is 62.6 Å². The van der Waals surface area contributed by atoms with Gasteiger partial charge in [0.1, 0.15) is 60.4 Å². The van der Waals surface area contributed by atoms with Crippen LogP contribution in [0.1, 0.15) is 169 Å². The number of aliphatic hydroxyl groups excluding tert-OH is 1. The maximum Gasteiger partial charge on any atom is 0.256 e. The first-order chi connectivity index (χ1) is 46.5. The van der Waals surface area contributed by atoms with E-state index in [1.165, 1.54) is 104 Å². The van der Waals surface area contributed by atoms with Crippen LogP contribution in [0, 0.1) is 35.5 Å². The second-order valence-electron chi connectivity index (χ2n) is 30.1.